The van der Waals surface area contributed by atoms with Crippen molar-refractivity contribution in [1.82, 2.24) is 4.90 Å². The molecular formula is C20H17F2N3O. The lowest BCUT2D eigenvalue weighted by atomic mass is 10.1. The highest BCUT2D eigenvalue weighted by molar-refractivity contribution is 5.85. The molecule has 3 rings (SSSR count). The highest BCUT2D eigenvalue weighted by Crippen LogP contribution is 2.18. The Morgan fingerprint density at radius 3 is 2.65 bits per heavy atom. The highest BCUT2D eigenvalue weighted by Gasteiger charge is 2.10. The molecule has 2 aromatic rings. The first kappa shape index (κ1) is 17.5. The normalized spacial score (nSPS) is 13.0. The Labute approximate surface area is 150 Å². The topological polar surface area (TPSA) is 50.9 Å². The monoisotopic (exact) mass is 353 g/mol. The second kappa shape index (κ2) is 7.70. The number of aliphatic imine (C=N–C) groups is 1. The number of anilines is 1. The minimum atomic E-state index is -0.846. The Morgan fingerprint density at radius 1 is 1.15 bits per heavy atom. The fraction of sp³-hybridized carbons (Fsp3) is 0.150. The zero-order valence-electron chi connectivity index (χ0n) is 14.2. The number of benzene rings is 2. The predicted octanol–water partition coefficient (Wildman–Crippen LogP) is 3.34. The van der Waals surface area contributed by atoms with E-state index in [2.05, 4.69) is 16.8 Å². The summed E-state index contributed by atoms with van der Waals surface area (Å²) in [6, 6.07) is 9.98. The van der Waals surface area contributed by atoms with E-state index in [1.54, 1.807) is 13.3 Å². The zero-order valence-corrected chi connectivity index (χ0v) is 14.2. The zero-order chi connectivity index (χ0) is 18.5. The van der Waals surface area contributed by atoms with Gasteiger partial charge < -0.3 is 15.4 Å². The Balaban J connectivity index is 1.77. The van der Waals surface area contributed by atoms with Crippen LogP contribution in [0.15, 0.2) is 53.2 Å². The molecule has 0 atom stereocenters. The van der Waals surface area contributed by atoms with Gasteiger partial charge in [-0.3, -0.25) is 4.99 Å². The van der Waals surface area contributed by atoms with E-state index in [-0.39, 0.29) is 11.3 Å². The second-order valence-corrected chi connectivity index (χ2v) is 5.71. The van der Waals surface area contributed by atoms with Gasteiger partial charge in [0, 0.05) is 19.0 Å². The number of hydrogen-bond acceptors (Lipinski definition) is 4. The van der Waals surface area contributed by atoms with Crippen LogP contribution in [0.5, 0.6) is 5.75 Å². The summed E-state index contributed by atoms with van der Waals surface area (Å²) in [6.45, 7) is 1.12. The average Bonchev–Trinajstić information content (AvgIpc) is 2.66. The standard InChI is InChI=1S/C20H17F2N3O/c1-26-16-5-2-14(3-6-16)11-25-12-15(10-24-13-25)4-7-17-18(21)8-9-19(23)20(17)22/h2-3,5-6,8-10,12H,11,13,23H2,1H3. The lowest BCUT2D eigenvalue weighted by Crippen LogP contribution is -2.20. The van der Waals surface area contributed by atoms with Gasteiger partial charge >= 0.3 is 0 Å². The summed E-state index contributed by atoms with van der Waals surface area (Å²) < 4.78 is 32.8. The molecule has 0 amide bonds. The van der Waals surface area contributed by atoms with Gasteiger partial charge in [-0.25, -0.2) is 8.78 Å². The van der Waals surface area contributed by atoms with E-state index < -0.39 is 11.6 Å². The molecule has 0 radical (unpaired) electrons. The van der Waals surface area contributed by atoms with Crippen LogP contribution in [-0.4, -0.2) is 24.9 Å². The first-order valence-electron chi connectivity index (χ1n) is 7.91. The van der Waals surface area contributed by atoms with Gasteiger partial charge in [0.25, 0.3) is 0 Å². The van der Waals surface area contributed by atoms with E-state index in [0.29, 0.717) is 18.8 Å². The summed E-state index contributed by atoms with van der Waals surface area (Å²) in [5.41, 5.74) is 6.63. The number of nitrogens with two attached hydrogens (primary N) is 1. The van der Waals surface area contributed by atoms with Gasteiger partial charge in [0.05, 0.1) is 23.9 Å². The highest BCUT2D eigenvalue weighted by atomic mass is 19.1. The minimum Gasteiger partial charge on any atom is -0.497 e. The molecule has 0 unspecified atom stereocenters. The molecule has 2 N–H and O–H groups in total. The third-order valence-electron chi connectivity index (χ3n) is 3.81. The number of allylic oxidation sites excluding steroid dienone is 1. The van der Waals surface area contributed by atoms with Gasteiger partial charge in [0.2, 0.25) is 0 Å². The summed E-state index contributed by atoms with van der Waals surface area (Å²) in [5.74, 6) is 4.46. The molecule has 6 heteroatoms. The number of nitrogens with zero attached hydrogens (tertiary/aromatic N) is 2. The number of nitrogen functional groups attached to an aromatic ring is 1. The Kier molecular flexibility index (Phi) is 5.18. The van der Waals surface area contributed by atoms with Crippen molar-refractivity contribution in [2.75, 3.05) is 19.5 Å². The van der Waals surface area contributed by atoms with Gasteiger partial charge in [0.15, 0.2) is 5.82 Å². The number of halogens is 2. The summed E-state index contributed by atoms with van der Waals surface area (Å²) in [5, 5.41) is 0. The number of rotatable bonds is 3. The SMILES string of the molecule is COc1ccc(CN2C=C(C#Cc3c(F)ccc(N)c3F)C=NC2)cc1. The van der Waals surface area contributed by atoms with Crippen molar-refractivity contribution in [3.63, 3.8) is 0 Å². The van der Waals surface area contributed by atoms with E-state index in [1.165, 1.54) is 6.07 Å². The van der Waals surface area contributed by atoms with Crippen LogP contribution in [0.4, 0.5) is 14.5 Å². The van der Waals surface area contributed by atoms with Crippen molar-refractivity contribution < 1.29 is 13.5 Å². The molecule has 1 aliphatic heterocycles. The molecule has 0 bridgehead atoms. The quantitative estimate of drug-likeness (QED) is 0.680. The van der Waals surface area contributed by atoms with E-state index in [1.807, 2.05) is 35.4 Å². The van der Waals surface area contributed by atoms with Gasteiger partial charge in [0.1, 0.15) is 18.2 Å². The van der Waals surface area contributed by atoms with E-state index >= 15 is 0 Å². The third kappa shape index (κ3) is 4.01. The van der Waals surface area contributed by atoms with Crippen molar-refractivity contribution in [3.05, 3.63) is 70.9 Å². The van der Waals surface area contributed by atoms with Crippen LogP contribution < -0.4 is 10.5 Å². The van der Waals surface area contributed by atoms with Crippen molar-refractivity contribution in [3.8, 4) is 17.6 Å². The third-order valence-corrected chi connectivity index (χ3v) is 3.81. The summed E-state index contributed by atoms with van der Waals surface area (Å²) in [4.78, 5) is 6.19. The molecule has 0 saturated carbocycles. The van der Waals surface area contributed by atoms with Crippen LogP contribution in [0.1, 0.15) is 11.1 Å². The largest absolute Gasteiger partial charge is 0.497 e. The second-order valence-electron chi connectivity index (χ2n) is 5.71. The molecule has 1 heterocycles. The molecule has 0 fully saturated rings. The maximum atomic E-state index is 13.9. The van der Waals surface area contributed by atoms with Crippen LogP contribution >= 0.6 is 0 Å². The average molecular weight is 353 g/mol. The van der Waals surface area contributed by atoms with Crippen molar-refractivity contribution in [1.29, 1.82) is 0 Å². The van der Waals surface area contributed by atoms with Gasteiger partial charge in [-0.05, 0) is 29.8 Å². The Bertz CT molecular complexity index is 925. The van der Waals surface area contributed by atoms with Crippen molar-refractivity contribution in [2.24, 2.45) is 4.99 Å². The van der Waals surface area contributed by atoms with Crippen molar-refractivity contribution in [2.45, 2.75) is 6.54 Å². The summed E-state index contributed by atoms with van der Waals surface area (Å²) >= 11 is 0. The lowest BCUT2D eigenvalue weighted by molar-refractivity contribution is 0.377. The molecule has 4 nitrogen and oxygen atoms in total. The molecule has 0 saturated heterocycles. The smallest absolute Gasteiger partial charge is 0.164 e. The molecule has 132 valence electrons. The molecule has 26 heavy (non-hydrogen) atoms. The number of hydrogen-bond donors (Lipinski definition) is 1. The van der Waals surface area contributed by atoms with E-state index in [4.69, 9.17) is 10.5 Å². The Hall–Kier alpha value is -3.33. The van der Waals surface area contributed by atoms with Crippen LogP contribution in [0.25, 0.3) is 0 Å². The molecule has 0 aromatic heterocycles. The number of ether oxygens (including phenoxy) is 1. The van der Waals surface area contributed by atoms with Crippen LogP contribution in [0.2, 0.25) is 0 Å². The molecule has 0 spiro atoms. The number of methoxy groups -OCH3 is 1. The van der Waals surface area contributed by atoms with Gasteiger partial charge in [-0.2, -0.15) is 0 Å². The van der Waals surface area contributed by atoms with E-state index in [0.717, 1.165) is 17.4 Å². The maximum absolute atomic E-state index is 13.9. The van der Waals surface area contributed by atoms with E-state index in [9.17, 15) is 8.78 Å². The minimum absolute atomic E-state index is 0.136. The predicted molar refractivity (Wildman–Crippen MR) is 97.6 cm³/mol. The fourth-order valence-electron chi connectivity index (χ4n) is 2.46. The van der Waals surface area contributed by atoms with Gasteiger partial charge in [-0.15, -0.1) is 0 Å². The molecule has 0 aliphatic carbocycles. The van der Waals surface area contributed by atoms with Crippen LogP contribution in [-0.2, 0) is 6.54 Å². The Morgan fingerprint density at radius 2 is 1.92 bits per heavy atom. The van der Waals surface area contributed by atoms with Gasteiger partial charge in [-0.1, -0.05) is 24.0 Å². The summed E-state index contributed by atoms with van der Waals surface area (Å²) in [7, 11) is 1.62. The molecule has 2 aromatic carbocycles. The first-order valence-corrected chi connectivity index (χ1v) is 7.91. The lowest BCUT2D eigenvalue weighted by Gasteiger charge is -2.21. The van der Waals surface area contributed by atoms with Crippen molar-refractivity contribution >= 4 is 11.9 Å². The van der Waals surface area contributed by atoms with Crippen LogP contribution in [0.3, 0.4) is 0 Å². The molecular weight excluding hydrogens is 336 g/mol. The maximum Gasteiger partial charge on any atom is 0.164 e. The fourth-order valence-corrected chi connectivity index (χ4v) is 2.46. The first-order chi connectivity index (χ1) is 12.6. The van der Waals surface area contributed by atoms with Crippen LogP contribution in [0, 0.1) is 23.5 Å². The molecule has 1 aliphatic rings. The summed E-state index contributed by atoms with van der Waals surface area (Å²) in [6.07, 6.45) is 3.39.